The van der Waals surface area contributed by atoms with Gasteiger partial charge in [-0.05, 0) is 25.3 Å². The highest BCUT2D eigenvalue weighted by Crippen LogP contribution is 2.39. The number of para-hydroxylation sites is 1. The van der Waals surface area contributed by atoms with Gasteiger partial charge in [0.05, 0.1) is 6.61 Å². The van der Waals surface area contributed by atoms with E-state index >= 15 is 0 Å². The largest absolute Gasteiger partial charge is 0.493 e. The van der Waals surface area contributed by atoms with Crippen LogP contribution in [-0.4, -0.2) is 15.0 Å². The van der Waals surface area contributed by atoms with E-state index in [0.717, 1.165) is 5.56 Å². The zero-order valence-electron chi connectivity index (χ0n) is 8.94. The molecule has 0 fully saturated rings. The third-order valence-corrected chi connectivity index (χ3v) is 4.60. The summed E-state index contributed by atoms with van der Waals surface area (Å²) < 4.78 is 28.6. The number of rotatable bonds is 1. The molecule has 88 valence electrons. The van der Waals surface area contributed by atoms with Gasteiger partial charge >= 0.3 is 0 Å². The van der Waals surface area contributed by atoms with Crippen molar-refractivity contribution in [3.05, 3.63) is 29.3 Å². The molecule has 1 aromatic carbocycles. The SMILES string of the molecule is Cc1cccc2c1OCCCC2S(=O)(=O)Cl. The van der Waals surface area contributed by atoms with Gasteiger partial charge in [-0.2, -0.15) is 0 Å². The fourth-order valence-corrected chi connectivity index (χ4v) is 3.51. The molecule has 0 aliphatic carbocycles. The van der Waals surface area contributed by atoms with Crippen molar-refractivity contribution < 1.29 is 13.2 Å². The van der Waals surface area contributed by atoms with Crippen molar-refractivity contribution >= 4 is 19.7 Å². The van der Waals surface area contributed by atoms with Gasteiger partial charge in [0.25, 0.3) is 0 Å². The van der Waals surface area contributed by atoms with E-state index in [2.05, 4.69) is 0 Å². The average molecular weight is 261 g/mol. The Morgan fingerprint density at radius 1 is 1.44 bits per heavy atom. The van der Waals surface area contributed by atoms with E-state index in [-0.39, 0.29) is 0 Å². The van der Waals surface area contributed by atoms with Crippen LogP contribution in [-0.2, 0) is 9.05 Å². The number of fused-ring (bicyclic) bond motifs is 1. The standard InChI is InChI=1S/C11H13ClO3S/c1-8-4-2-5-9-10(16(12,13)14)6-3-7-15-11(8)9/h2,4-5,10H,3,6-7H2,1H3. The summed E-state index contributed by atoms with van der Waals surface area (Å²) in [6.45, 7) is 2.45. The molecule has 1 heterocycles. The Hall–Kier alpha value is -0.740. The number of hydrogen-bond donors (Lipinski definition) is 0. The van der Waals surface area contributed by atoms with Gasteiger partial charge in [0.2, 0.25) is 9.05 Å². The molecule has 0 N–H and O–H groups in total. The number of ether oxygens (including phenoxy) is 1. The van der Waals surface area contributed by atoms with Gasteiger partial charge in [-0.3, -0.25) is 0 Å². The molecule has 0 saturated heterocycles. The number of hydrogen-bond acceptors (Lipinski definition) is 3. The second-order valence-electron chi connectivity index (χ2n) is 3.95. The van der Waals surface area contributed by atoms with E-state index < -0.39 is 14.3 Å². The van der Waals surface area contributed by atoms with Gasteiger partial charge in [-0.1, -0.05) is 18.2 Å². The van der Waals surface area contributed by atoms with Gasteiger partial charge in [-0.25, -0.2) is 8.42 Å². The average Bonchev–Trinajstić information content (AvgIpc) is 2.39. The maximum absolute atomic E-state index is 11.5. The molecule has 16 heavy (non-hydrogen) atoms. The molecule has 1 aliphatic rings. The first-order chi connectivity index (χ1) is 7.50. The summed E-state index contributed by atoms with van der Waals surface area (Å²) in [5.41, 5.74) is 1.64. The van der Waals surface area contributed by atoms with Crippen molar-refractivity contribution in [3.8, 4) is 5.75 Å². The minimum Gasteiger partial charge on any atom is -0.493 e. The molecule has 0 bridgehead atoms. The van der Waals surface area contributed by atoms with E-state index in [0.29, 0.717) is 30.8 Å². The second kappa shape index (κ2) is 4.26. The smallest absolute Gasteiger partial charge is 0.239 e. The summed E-state index contributed by atoms with van der Waals surface area (Å²) in [6, 6.07) is 5.51. The summed E-state index contributed by atoms with van der Waals surface area (Å²) in [6.07, 6.45) is 1.22. The molecule has 0 radical (unpaired) electrons. The highest BCUT2D eigenvalue weighted by atomic mass is 35.7. The van der Waals surface area contributed by atoms with Crippen LogP contribution in [0.3, 0.4) is 0 Å². The maximum atomic E-state index is 11.5. The monoisotopic (exact) mass is 260 g/mol. The van der Waals surface area contributed by atoms with Crippen molar-refractivity contribution in [2.75, 3.05) is 6.61 Å². The summed E-state index contributed by atoms with van der Waals surface area (Å²) >= 11 is 0. The lowest BCUT2D eigenvalue weighted by Gasteiger charge is -2.14. The van der Waals surface area contributed by atoms with Crippen LogP contribution < -0.4 is 4.74 Å². The van der Waals surface area contributed by atoms with Crippen LogP contribution >= 0.6 is 10.7 Å². The van der Waals surface area contributed by atoms with Gasteiger partial charge in [0, 0.05) is 16.2 Å². The molecule has 0 aromatic heterocycles. The number of halogens is 1. The molecule has 0 amide bonds. The molecular formula is C11H13ClO3S. The normalized spacial score (nSPS) is 20.8. The first-order valence-corrected chi connectivity index (χ1v) is 7.53. The number of benzene rings is 1. The summed E-state index contributed by atoms with van der Waals surface area (Å²) in [5, 5.41) is -0.647. The highest BCUT2D eigenvalue weighted by Gasteiger charge is 2.30. The lowest BCUT2D eigenvalue weighted by atomic mass is 10.0. The van der Waals surface area contributed by atoms with Crippen LogP contribution in [0.5, 0.6) is 5.75 Å². The van der Waals surface area contributed by atoms with E-state index in [1.807, 2.05) is 19.1 Å². The zero-order chi connectivity index (χ0) is 11.8. The second-order valence-corrected chi connectivity index (χ2v) is 6.76. The van der Waals surface area contributed by atoms with Gasteiger partial charge in [0.15, 0.2) is 0 Å². The van der Waals surface area contributed by atoms with E-state index in [1.165, 1.54) is 0 Å². The topological polar surface area (TPSA) is 43.4 Å². The first-order valence-electron chi connectivity index (χ1n) is 5.16. The molecule has 3 nitrogen and oxygen atoms in total. The summed E-state index contributed by atoms with van der Waals surface area (Å²) in [4.78, 5) is 0. The molecule has 0 spiro atoms. The van der Waals surface area contributed by atoms with E-state index in [1.54, 1.807) is 6.07 Å². The Morgan fingerprint density at radius 2 is 2.19 bits per heavy atom. The quantitative estimate of drug-likeness (QED) is 0.730. The fourth-order valence-electron chi connectivity index (χ4n) is 2.02. The van der Waals surface area contributed by atoms with Crippen molar-refractivity contribution in [2.45, 2.75) is 25.0 Å². The van der Waals surface area contributed by atoms with Crippen LogP contribution in [0.15, 0.2) is 18.2 Å². The minimum atomic E-state index is -3.59. The van der Waals surface area contributed by atoms with Crippen LogP contribution in [0.4, 0.5) is 0 Å². The van der Waals surface area contributed by atoms with Gasteiger partial charge in [0.1, 0.15) is 11.0 Å². The maximum Gasteiger partial charge on any atom is 0.239 e. The molecule has 2 rings (SSSR count). The van der Waals surface area contributed by atoms with E-state index in [9.17, 15) is 8.42 Å². The Labute approximate surface area is 99.8 Å². The lowest BCUT2D eigenvalue weighted by molar-refractivity contribution is 0.315. The van der Waals surface area contributed by atoms with Crippen molar-refractivity contribution in [1.82, 2.24) is 0 Å². The molecule has 0 saturated carbocycles. The van der Waals surface area contributed by atoms with Gasteiger partial charge in [-0.15, -0.1) is 0 Å². The molecule has 5 heteroatoms. The lowest BCUT2D eigenvalue weighted by Crippen LogP contribution is -2.07. The van der Waals surface area contributed by atoms with Crippen LogP contribution in [0.25, 0.3) is 0 Å². The van der Waals surface area contributed by atoms with E-state index in [4.69, 9.17) is 15.4 Å². The van der Waals surface area contributed by atoms with Crippen molar-refractivity contribution in [2.24, 2.45) is 0 Å². The van der Waals surface area contributed by atoms with Crippen molar-refractivity contribution in [1.29, 1.82) is 0 Å². The third-order valence-electron chi connectivity index (χ3n) is 2.79. The molecule has 1 aromatic rings. The van der Waals surface area contributed by atoms with Crippen LogP contribution in [0.1, 0.15) is 29.2 Å². The molecule has 1 aliphatic heterocycles. The summed E-state index contributed by atoms with van der Waals surface area (Å²) in [7, 11) is 1.89. The third kappa shape index (κ3) is 2.18. The van der Waals surface area contributed by atoms with Crippen LogP contribution in [0, 0.1) is 6.92 Å². The predicted octanol–water partition coefficient (Wildman–Crippen LogP) is 2.78. The Balaban J connectivity index is 2.58. The Kier molecular flexibility index (Phi) is 3.13. The highest BCUT2D eigenvalue weighted by molar-refractivity contribution is 8.13. The minimum absolute atomic E-state index is 0.516. The zero-order valence-corrected chi connectivity index (χ0v) is 10.5. The van der Waals surface area contributed by atoms with Crippen LogP contribution in [0.2, 0.25) is 0 Å². The summed E-state index contributed by atoms with van der Waals surface area (Å²) in [5.74, 6) is 0.675. The fraction of sp³-hybridized carbons (Fsp3) is 0.455. The Bertz CT molecular complexity index is 496. The van der Waals surface area contributed by atoms with Crippen molar-refractivity contribution in [3.63, 3.8) is 0 Å². The predicted molar refractivity (Wildman–Crippen MR) is 63.4 cm³/mol. The molecule has 1 unspecified atom stereocenters. The Morgan fingerprint density at radius 3 is 2.88 bits per heavy atom. The molecular weight excluding hydrogens is 248 g/mol. The number of aryl methyl sites for hydroxylation is 1. The first kappa shape index (κ1) is 11.7. The molecule has 1 atom stereocenters. The van der Waals surface area contributed by atoms with Gasteiger partial charge < -0.3 is 4.74 Å².